The highest BCUT2D eigenvalue weighted by atomic mass is 16.5. The SMILES string of the molecule is CCCCCCCCCCCCCCCCCCC(O)C(CO)NC(=O)CCCCCCCCCCCCCCCCCCC/C=C\C/C=C\CCCCCCCCCCCCCOC(=O)CCCCCCCCCCCCC. The van der Waals surface area contributed by atoms with Crippen LogP contribution < -0.4 is 5.32 Å². The van der Waals surface area contributed by atoms with E-state index in [-0.39, 0.29) is 18.5 Å². The molecule has 79 heavy (non-hydrogen) atoms. The number of aliphatic hydroxyl groups is 2. The quantitative estimate of drug-likeness (QED) is 0.0320. The molecule has 0 aliphatic heterocycles. The molecular formula is C73H141NO5. The maximum absolute atomic E-state index is 12.5. The molecule has 0 radical (unpaired) electrons. The fourth-order valence-corrected chi connectivity index (χ4v) is 11.5. The molecule has 0 rings (SSSR count). The summed E-state index contributed by atoms with van der Waals surface area (Å²) in [5.74, 6) is -0.0121. The van der Waals surface area contributed by atoms with Crippen LogP contribution in [0.4, 0.5) is 0 Å². The largest absolute Gasteiger partial charge is 0.466 e. The van der Waals surface area contributed by atoms with E-state index in [0.29, 0.717) is 25.9 Å². The van der Waals surface area contributed by atoms with Gasteiger partial charge < -0.3 is 20.3 Å². The topological polar surface area (TPSA) is 95.9 Å². The Morgan fingerprint density at radius 1 is 0.354 bits per heavy atom. The van der Waals surface area contributed by atoms with Gasteiger partial charge in [0.15, 0.2) is 0 Å². The number of carbonyl (C=O) groups excluding carboxylic acids is 2. The maximum atomic E-state index is 12.5. The lowest BCUT2D eigenvalue weighted by Gasteiger charge is -2.22. The Balaban J connectivity index is 3.36. The molecule has 6 heteroatoms. The van der Waals surface area contributed by atoms with Crippen LogP contribution in [0, 0.1) is 0 Å². The molecule has 0 fully saturated rings. The van der Waals surface area contributed by atoms with Crippen molar-refractivity contribution in [1.82, 2.24) is 5.32 Å². The molecule has 3 N–H and O–H groups in total. The zero-order valence-corrected chi connectivity index (χ0v) is 53.6. The minimum Gasteiger partial charge on any atom is -0.466 e. The van der Waals surface area contributed by atoms with Crippen LogP contribution in [0.25, 0.3) is 0 Å². The van der Waals surface area contributed by atoms with Crippen LogP contribution in [0.3, 0.4) is 0 Å². The normalized spacial score (nSPS) is 12.6. The van der Waals surface area contributed by atoms with Crippen LogP contribution in [0.2, 0.25) is 0 Å². The number of hydrogen-bond acceptors (Lipinski definition) is 5. The molecular weight excluding hydrogens is 971 g/mol. The summed E-state index contributed by atoms with van der Waals surface area (Å²) in [6, 6.07) is -0.539. The van der Waals surface area contributed by atoms with E-state index in [0.717, 1.165) is 44.9 Å². The predicted molar refractivity (Wildman–Crippen MR) is 347 cm³/mol. The third kappa shape index (κ3) is 65.4. The van der Waals surface area contributed by atoms with Gasteiger partial charge in [-0.25, -0.2) is 0 Å². The molecule has 0 aromatic rings. The van der Waals surface area contributed by atoms with E-state index >= 15 is 0 Å². The summed E-state index contributed by atoms with van der Waals surface area (Å²) >= 11 is 0. The van der Waals surface area contributed by atoms with Gasteiger partial charge in [0.1, 0.15) is 0 Å². The van der Waals surface area contributed by atoms with Crippen molar-refractivity contribution in [3.8, 4) is 0 Å². The van der Waals surface area contributed by atoms with Gasteiger partial charge in [0.2, 0.25) is 5.91 Å². The van der Waals surface area contributed by atoms with Crippen molar-refractivity contribution in [3.63, 3.8) is 0 Å². The molecule has 2 unspecified atom stereocenters. The van der Waals surface area contributed by atoms with Gasteiger partial charge in [-0.15, -0.1) is 0 Å². The van der Waals surface area contributed by atoms with E-state index < -0.39 is 12.1 Å². The molecule has 468 valence electrons. The zero-order valence-electron chi connectivity index (χ0n) is 53.6. The fraction of sp³-hybridized carbons (Fsp3) is 0.918. The number of unbranched alkanes of at least 4 members (excludes halogenated alkanes) is 53. The van der Waals surface area contributed by atoms with Crippen molar-refractivity contribution in [2.75, 3.05) is 13.2 Å². The number of ether oxygens (including phenoxy) is 1. The summed E-state index contributed by atoms with van der Waals surface area (Å²) < 4.78 is 5.47. The molecule has 0 heterocycles. The third-order valence-electron chi connectivity index (χ3n) is 17.0. The van der Waals surface area contributed by atoms with Gasteiger partial charge in [-0.3, -0.25) is 9.59 Å². The molecule has 0 bridgehead atoms. The van der Waals surface area contributed by atoms with E-state index in [1.807, 2.05) is 0 Å². The molecule has 6 nitrogen and oxygen atoms in total. The van der Waals surface area contributed by atoms with Crippen LogP contribution in [0.5, 0.6) is 0 Å². The lowest BCUT2D eigenvalue weighted by molar-refractivity contribution is -0.143. The van der Waals surface area contributed by atoms with Gasteiger partial charge in [0.05, 0.1) is 25.4 Å². The Hall–Kier alpha value is -1.66. The monoisotopic (exact) mass is 1110 g/mol. The average molecular weight is 1110 g/mol. The molecule has 0 spiro atoms. The zero-order chi connectivity index (χ0) is 57.1. The van der Waals surface area contributed by atoms with E-state index in [4.69, 9.17) is 4.74 Å². The molecule has 1 amide bonds. The second kappa shape index (κ2) is 68.8. The molecule has 0 aliphatic rings. The van der Waals surface area contributed by atoms with Crippen molar-refractivity contribution in [3.05, 3.63) is 24.3 Å². The van der Waals surface area contributed by atoms with Crippen LogP contribution in [0.15, 0.2) is 24.3 Å². The van der Waals surface area contributed by atoms with E-state index in [1.54, 1.807) is 0 Å². The summed E-state index contributed by atoms with van der Waals surface area (Å²) in [5.41, 5.74) is 0. The van der Waals surface area contributed by atoms with E-state index in [1.165, 1.54) is 327 Å². The van der Waals surface area contributed by atoms with Crippen molar-refractivity contribution >= 4 is 11.9 Å². The Bertz CT molecular complexity index is 1230. The number of nitrogens with one attached hydrogen (secondary N) is 1. The van der Waals surface area contributed by atoms with E-state index in [9.17, 15) is 19.8 Å². The highest BCUT2D eigenvalue weighted by molar-refractivity contribution is 5.76. The molecule has 0 aromatic heterocycles. The molecule has 0 saturated heterocycles. The van der Waals surface area contributed by atoms with Gasteiger partial charge in [-0.1, -0.05) is 359 Å². The van der Waals surface area contributed by atoms with Gasteiger partial charge >= 0.3 is 5.97 Å². The molecule has 0 aliphatic carbocycles. The number of amides is 1. The number of aliphatic hydroxyl groups excluding tert-OH is 2. The summed E-state index contributed by atoms with van der Waals surface area (Å²) in [4.78, 5) is 24.5. The minimum atomic E-state index is -0.662. The minimum absolute atomic E-state index is 0.0170. The number of allylic oxidation sites excluding steroid dienone is 4. The first-order valence-electron chi connectivity index (χ1n) is 36.1. The number of carbonyl (C=O) groups is 2. The maximum Gasteiger partial charge on any atom is 0.305 e. The van der Waals surface area contributed by atoms with Crippen molar-refractivity contribution < 1.29 is 24.5 Å². The van der Waals surface area contributed by atoms with Crippen LogP contribution in [-0.2, 0) is 14.3 Å². The molecule has 0 aromatic carbocycles. The second-order valence-corrected chi connectivity index (χ2v) is 24.9. The average Bonchev–Trinajstić information content (AvgIpc) is 3.45. The summed E-state index contributed by atoms with van der Waals surface area (Å²) in [6.45, 7) is 4.98. The van der Waals surface area contributed by atoms with Gasteiger partial charge in [-0.2, -0.15) is 0 Å². The Kier molecular flexibility index (Phi) is 67.4. The van der Waals surface area contributed by atoms with Crippen molar-refractivity contribution in [2.24, 2.45) is 0 Å². The Morgan fingerprint density at radius 3 is 0.962 bits per heavy atom. The van der Waals surface area contributed by atoms with Gasteiger partial charge in [0, 0.05) is 12.8 Å². The standard InChI is InChI=1S/C73H141NO5/c1-3-5-7-9-11-13-15-16-17-39-42-46-49-53-57-61-65-71(76)70(69-75)74-72(77)66-62-58-54-50-47-43-40-37-35-33-31-29-27-25-23-21-19-18-20-22-24-26-28-30-32-34-36-38-41-44-48-52-56-60-64-68-79-73(78)67-63-59-55-51-45-14-12-10-8-6-4-2/h20,22,26,28,70-71,75-76H,3-19,21,23-25,27,29-69H2,1-2H3,(H,74,77)/b22-20-,28-26-. The molecule has 0 saturated carbocycles. The predicted octanol–water partition coefficient (Wildman–Crippen LogP) is 23.3. The van der Waals surface area contributed by atoms with Crippen LogP contribution in [0.1, 0.15) is 406 Å². The highest BCUT2D eigenvalue weighted by Gasteiger charge is 2.20. The summed E-state index contributed by atoms with van der Waals surface area (Å²) in [6.07, 6.45) is 86.7. The Morgan fingerprint density at radius 2 is 0.633 bits per heavy atom. The Labute approximate surface area is 494 Å². The second-order valence-electron chi connectivity index (χ2n) is 24.9. The lowest BCUT2D eigenvalue weighted by Crippen LogP contribution is -2.45. The van der Waals surface area contributed by atoms with E-state index in [2.05, 4.69) is 43.5 Å². The number of esters is 1. The summed E-state index contributed by atoms with van der Waals surface area (Å²) in [5, 5.41) is 23.4. The van der Waals surface area contributed by atoms with Gasteiger partial charge in [0.25, 0.3) is 0 Å². The van der Waals surface area contributed by atoms with Gasteiger partial charge in [-0.05, 0) is 57.8 Å². The van der Waals surface area contributed by atoms with Crippen molar-refractivity contribution in [1.29, 1.82) is 0 Å². The first-order valence-corrected chi connectivity index (χ1v) is 36.1. The molecule has 2 atom stereocenters. The number of rotatable bonds is 68. The smallest absolute Gasteiger partial charge is 0.305 e. The van der Waals surface area contributed by atoms with Crippen LogP contribution in [-0.4, -0.2) is 47.4 Å². The van der Waals surface area contributed by atoms with Crippen molar-refractivity contribution in [2.45, 2.75) is 418 Å². The fourth-order valence-electron chi connectivity index (χ4n) is 11.5. The third-order valence-corrected chi connectivity index (χ3v) is 17.0. The van der Waals surface area contributed by atoms with Crippen LogP contribution >= 0.6 is 0 Å². The number of hydrogen-bond donors (Lipinski definition) is 3. The first-order chi connectivity index (χ1) is 39.0. The first kappa shape index (κ1) is 77.3. The highest BCUT2D eigenvalue weighted by Crippen LogP contribution is 2.19. The lowest BCUT2D eigenvalue weighted by atomic mass is 10.0. The summed E-state index contributed by atoms with van der Waals surface area (Å²) in [7, 11) is 0.